The number of rotatable bonds is 4. The topological polar surface area (TPSA) is 71.8 Å². The molecule has 1 saturated carbocycles. The fourth-order valence-corrected chi connectivity index (χ4v) is 3.89. The summed E-state index contributed by atoms with van der Waals surface area (Å²) in [7, 11) is 0. The highest BCUT2D eigenvalue weighted by molar-refractivity contribution is 5.85. The van der Waals surface area contributed by atoms with E-state index in [9.17, 15) is 4.79 Å². The van der Waals surface area contributed by atoms with Crippen LogP contribution >= 0.6 is 24.8 Å². The van der Waals surface area contributed by atoms with E-state index in [1.54, 1.807) is 12.4 Å². The summed E-state index contributed by atoms with van der Waals surface area (Å²) in [5.41, 5.74) is 1.28. The van der Waals surface area contributed by atoms with Crippen molar-refractivity contribution >= 4 is 30.7 Å². The SMILES string of the molecule is Cc1nccn1-c1ncccc1CNC(=O)C1CC12CCNCC2.Cl.Cl. The molecule has 26 heavy (non-hydrogen) atoms. The van der Waals surface area contributed by atoms with Crippen LogP contribution in [0, 0.1) is 18.3 Å². The van der Waals surface area contributed by atoms with Crippen LogP contribution in [0.3, 0.4) is 0 Å². The molecule has 0 bridgehead atoms. The van der Waals surface area contributed by atoms with E-state index < -0.39 is 0 Å². The second kappa shape index (κ2) is 8.37. The third kappa shape index (κ3) is 3.87. The molecule has 2 aromatic rings. The molecule has 2 aromatic heterocycles. The molecule has 1 saturated heterocycles. The number of halogens is 2. The minimum absolute atomic E-state index is 0. The average Bonchev–Trinajstić information content (AvgIpc) is 3.12. The van der Waals surface area contributed by atoms with Crippen molar-refractivity contribution in [3.8, 4) is 5.82 Å². The number of pyridine rings is 1. The van der Waals surface area contributed by atoms with Gasteiger partial charge in [0.2, 0.25) is 5.91 Å². The lowest BCUT2D eigenvalue weighted by Gasteiger charge is -2.23. The van der Waals surface area contributed by atoms with Gasteiger partial charge < -0.3 is 10.6 Å². The predicted octanol–water partition coefficient (Wildman–Crippen LogP) is 2.43. The average molecular weight is 398 g/mol. The molecule has 4 rings (SSSR count). The van der Waals surface area contributed by atoms with Crippen molar-refractivity contribution in [3.05, 3.63) is 42.1 Å². The Balaban J connectivity index is 0.00000121. The van der Waals surface area contributed by atoms with Crippen LogP contribution in [0.15, 0.2) is 30.7 Å². The van der Waals surface area contributed by atoms with Crippen molar-refractivity contribution in [3.63, 3.8) is 0 Å². The van der Waals surface area contributed by atoms with E-state index in [4.69, 9.17) is 0 Å². The minimum Gasteiger partial charge on any atom is -0.352 e. The van der Waals surface area contributed by atoms with Gasteiger partial charge in [0, 0.05) is 36.6 Å². The van der Waals surface area contributed by atoms with Crippen LogP contribution in [0.25, 0.3) is 5.82 Å². The quantitative estimate of drug-likeness (QED) is 0.830. The van der Waals surface area contributed by atoms with Gasteiger partial charge in [0.05, 0.1) is 0 Å². The first-order chi connectivity index (χ1) is 11.7. The van der Waals surface area contributed by atoms with Gasteiger partial charge in [0.25, 0.3) is 0 Å². The molecule has 8 heteroatoms. The molecular formula is C18H25Cl2N5O. The number of aromatic nitrogens is 3. The van der Waals surface area contributed by atoms with Crippen molar-refractivity contribution in [2.45, 2.75) is 32.7 Å². The number of piperidine rings is 1. The standard InChI is InChI=1S/C18H23N5O.2ClH/c1-13-20-9-10-23(13)16-14(3-2-6-21-16)12-22-17(24)15-11-18(15)4-7-19-8-5-18;;/h2-3,6,9-10,15,19H,4-5,7-8,11-12H2,1H3,(H,22,24);2*1H. The summed E-state index contributed by atoms with van der Waals surface area (Å²) in [6, 6.07) is 3.91. The lowest BCUT2D eigenvalue weighted by Crippen LogP contribution is -2.33. The maximum atomic E-state index is 12.5. The normalized spacial score (nSPS) is 20.0. The molecule has 1 unspecified atom stereocenters. The number of nitrogens with zero attached hydrogens (tertiary/aromatic N) is 3. The van der Waals surface area contributed by atoms with E-state index in [0.29, 0.717) is 6.54 Å². The van der Waals surface area contributed by atoms with Gasteiger partial charge in [-0.1, -0.05) is 6.07 Å². The number of hydrogen-bond acceptors (Lipinski definition) is 4. The van der Waals surface area contributed by atoms with Crippen molar-refractivity contribution < 1.29 is 4.79 Å². The van der Waals surface area contributed by atoms with E-state index in [0.717, 1.165) is 49.6 Å². The van der Waals surface area contributed by atoms with E-state index in [1.165, 1.54) is 0 Å². The molecule has 1 amide bonds. The molecule has 2 N–H and O–H groups in total. The predicted molar refractivity (Wildman–Crippen MR) is 105 cm³/mol. The molecule has 1 aliphatic carbocycles. The van der Waals surface area contributed by atoms with Gasteiger partial charge in [-0.3, -0.25) is 9.36 Å². The lowest BCUT2D eigenvalue weighted by atomic mass is 9.92. The highest BCUT2D eigenvalue weighted by Gasteiger charge is 2.57. The molecule has 2 fully saturated rings. The number of nitrogens with one attached hydrogen (secondary N) is 2. The van der Waals surface area contributed by atoms with E-state index in [-0.39, 0.29) is 42.1 Å². The monoisotopic (exact) mass is 397 g/mol. The number of carbonyl (C=O) groups excluding carboxylic acids is 1. The summed E-state index contributed by atoms with van der Waals surface area (Å²) in [6.45, 7) is 4.53. The summed E-state index contributed by atoms with van der Waals surface area (Å²) < 4.78 is 1.95. The van der Waals surface area contributed by atoms with Gasteiger partial charge in [-0.15, -0.1) is 24.8 Å². The zero-order valence-electron chi connectivity index (χ0n) is 14.8. The minimum atomic E-state index is 0. The molecule has 1 spiro atoms. The van der Waals surface area contributed by atoms with Gasteiger partial charge in [-0.05, 0) is 50.8 Å². The van der Waals surface area contributed by atoms with E-state index in [1.807, 2.05) is 29.8 Å². The number of hydrogen-bond donors (Lipinski definition) is 2. The number of imidazole rings is 1. The van der Waals surface area contributed by atoms with Gasteiger partial charge in [-0.2, -0.15) is 0 Å². The van der Waals surface area contributed by atoms with Gasteiger partial charge >= 0.3 is 0 Å². The lowest BCUT2D eigenvalue weighted by molar-refractivity contribution is -0.123. The van der Waals surface area contributed by atoms with Crippen LogP contribution < -0.4 is 10.6 Å². The summed E-state index contributed by atoms with van der Waals surface area (Å²) in [4.78, 5) is 21.3. The Bertz CT molecular complexity index is 758. The molecule has 6 nitrogen and oxygen atoms in total. The van der Waals surface area contributed by atoms with Gasteiger partial charge in [0.15, 0.2) is 0 Å². The van der Waals surface area contributed by atoms with Crippen LogP contribution in [0.4, 0.5) is 0 Å². The number of amides is 1. The Morgan fingerprint density at radius 1 is 1.31 bits per heavy atom. The smallest absolute Gasteiger partial charge is 0.223 e. The third-order valence-corrected chi connectivity index (χ3v) is 5.48. The first kappa shape index (κ1) is 20.7. The fraction of sp³-hybridized carbons (Fsp3) is 0.500. The Hall–Kier alpha value is -1.63. The van der Waals surface area contributed by atoms with Crippen LogP contribution in [0.1, 0.15) is 30.7 Å². The Morgan fingerprint density at radius 3 is 2.77 bits per heavy atom. The Kier molecular flexibility index (Phi) is 6.66. The highest BCUT2D eigenvalue weighted by Crippen LogP contribution is 2.58. The van der Waals surface area contributed by atoms with Crippen LogP contribution in [0.2, 0.25) is 0 Å². The summed E-state index contributed by atoms with van der Waals surface area (Å²) in [6.07, 6.45) is 8.71. The van der Waals surface area contributed by atoms with Crippen LogP contribution in [-0.2, 0) is 11.3 Å². The highest BCUT2D eigenvalue weighted by atomic mass is 35.5. The maximum absolute atomic E-state index is 12.5. The maximum Gasteiger partial charge on any atom is 0.223 e. The third-order valence-electron chi connectivity index (χ3n) is 5.48. The largest absolute Gasteiger partial charge is 0.352 e. The number of carbonyl (C=O) groups is 1. The fourth-order valence-electron chi connectivity index (χ4n) is 3.89. The number of aryl methyl sites for hydroxylation is 1. The summed E-state index contributed by atoms with van der Waals surface area (Å²) >= 11 is 0. The molecule has 0 radical (unpaired) electrons. The first-order valence-corrected chi connectivity index (χ1v) is 8.62. The zero-order chi connectivity index (χ0) is 16.6. The molecule has 2 aliphatic rings. The zero-order valence-corrected chi connectivity index (χ0v) is 16.4. The Morgan fingerprint density at radius 2 is 2.08 bits per heavy atom. The van der Waals surface area contributed by atoms with Gasteiger partial charge in [0.1, 0.15) is 11.6 Å². The van der Waals surface area contributed by atoms with E-state index in [2.05, 4.69) is 20.6 Å². The summed E-state index contributed by atoms with van der Waals surface area (Å²) in [5, 5.41) is 6.50. The van der Waals surface area contributed by atoms with E-state index >= 15 is 0 Å². The summed E-state index contributed by atoms with van der Waals surface area (Å²) in [5.74, 6) is 2.10. The van der Waals surface area contributed by atoms with Crippen LogP contribution in [-0.4, -0.2) is 33.5 Å². The first-order valence-electron chi connectivity index (χ1n) is 8.62. The van der Waals surface area contributed by atoms with Crippen LogP contribution in [0.5, 0.6) is 0 Å². The molecule has 0 aromatic carbocycles. The molecule has 1 atom stereocenters. The molecule has 142 valence electrons. The molecule has 3 heterocycles. The van der Waals surface area contributed by atoms with Crippen molar-refractivity contribution in [2.75, 3.05) is 13.1 Å². The van der Waals surface area contributed by atoms with Crippen molar-refractivity contribution in [1.82, 2.24) is 25.2 Å². The molecular weight excluding hydrogens is 373 g/mol. The second-order valence-corrected chi connectivity index (χ2v) is 6.92. The Labute approximate surface area is 166 Å². The van der Waals surface area contributed by atoms with Gasteiger partial charge in [-0.25, -0.2) is 9.97 Å². The van der Waals surface area contributed by atoms with Crippen molar-refractivity contribution in [1.29, 1.82) is 0 Å². The van der Waals surface area contributed by atoms with Crippen molar-refractivity contribution in [2.24, 2.45) is 11.3 Å². The molecule has 1 aliphatic heterocycles. The second-order valence-electron chi connectivity index (χ2n) is 6.92.